The van der Waals surface area contributed by atoms with Crippen molar-refractivity contribution < 1.29 is 27.4 Å². The summed E-state index contributed by atoms with van der Waals surface area (Å²) in [6.07, 6.45) is -4.55. The van der Waals surface area contributed by atoms with Gasteiger partial charge >= 0.3 is 12.1 Å². The highest BCUT2D eigenvalue weighted by molar-refractivity contribution is 5.99. The van der Waals surface area contributed by atoms with Crippen molar-refractivity contribution in [1.82, 2.24) is 0 Å². The zero-order valence-corrected chi connectivity index (χ0v) is 18.3. The van der Waals surface area contributed by atoms with Gasteiger partial charge in [-0.2, -0.15) is 18.2 Å². The zero-order valence-electron chi connectivity index (χ0n) is 18.3. The summed E-state index contributed by atoms with van der Waals surface area (Å²) in [5.74, 6) is -1.29. The fourth-order valence-electron chi connectivity index (χ4n) is 2.60. The number of carbonyl (C=O) groups is 1. The van der Waals surface area contributed by atoms with E-state index in [0.29, 0.717) is 5.75 Å². The van der Waals surface area contributed by atoms with E-state index in [1.807, 2.05) is 32.9 Å². The lowest BCUT2D eigenvalue weighted by Gasteiger charge is -2.19. The molecule has 0 saturated heterocycles. The minimum absolute atomic E-state index is 0.0133. The van der Waals surface area contributed by atoms with Crippen molar-refractivity contribution in [3.05, 3.63) is 76.8 Å². The van der Waals surface area contributed by atoms with E-state index < -0.39 is 23.4 Å². The monoisotopic (exact) mass is 449 g/mol. The fourth-order valence-corrected chi connectivity index (χ4v) is 2.60. The molecule has 0 fully saturated rings. The number of hydrogen-bond acceptors (Lipinski definition) is 5. The van der Waals surface area contributed by atoms with E-state index >= 15 is 0 Å². The minimum Gasteiger partial charge on any atom is -0.461 e. The van der Waals surface area contributed by atoms with Crippen molar-refractivity contribution in [2.45, 2.75) is 39.3 Å². The number of ether oxygens (including phenoxy) is 2. The van der Waals surface area contributed by atoms with Crippen LogP contribution in [0.2, 0.25) is 0 Å². The van der Waals surface area contributed by atoms with Gasteiger partial charge in [0.2, 0.25) is 0 Å². The maximum Gasteiger partial charge on any atom is 0.416 e. The van der Waals surface area contributed by atoms with Crippen LogP contribution in [0.1, 0.15) is 44.4 Å². The first kappa shape index (κ1) is 24.8. The molecule has 0 atom stereocenters. The van der Waals surface area contributed by atoms with Gasteiger partial charge in [0, 0.05) is 5.56 Å². The quantitative estimate of drug-likeness (QED) is 0.223. The summed E-state index contributed by atoms with van der Waals surface area (Å²) in [7, 11) is 0. The van der Waals surface area contributed by atoms with E-state index in [2.05, 4.69) is 4.99 Å². The number of nitrogens with two attached hydrogens (primary N) is 2. The average Bonchev–Trinajstić information content (AvgIpc) is 2.72. The molecule has 0 amide bonds. The van der Waals surface area contributed by atoms with Crippen LogP contribution in [0.4, 0.5) is 13.2 Å². The maximum absolute atomic E-state index is 13.0. The first-order chi connectivity index (χ1) is 14.8. The van der Waals surface area contributed by atoms with Gasteiger partial charge in [-0.05, 0) is 42.2 Å². The SMILES string of the molecule is CCOC(=O)/C(N)=C(/N=C(\N)c1cccc(C(F)(F)F)c1)Oc1ccc(C(C)(C)C)cc1. The summed E-state index contributed by atoms with van der Waals surface area (Å²) < 4.78 is 49.6. The van der Waals surface area contributed by atoms with Gasteiger partial charge in [0.1, 0.15) is 11.6 Å². The maximum atomic E-state index is 13.0. The highest BCUT2D eigenvalue weighted by Crippen LogP contribution is 2.30. The lowest BCUT2D eigenvalue weighted by Crippen LogP contribution is -2.22. The molecule has 0 spiro atoms. The Morgan fingerprint density at radius 2 is 1.62 bits per heavy atom. The summed E-state index contributed by atoms with van der Waals surface area (Å²) in [5.41, 5.74) is 11.3. The topological polar surface area (TPSA) is 99.9 Å². The Labute approximate surface area is 184 Å². The number of nitrogens with zero attached hydrogens (tertiary/aromatic N) is 1. The number of rotatable bonds is 6. The second-order valence-corrected chi connectivity index (χ2v) is 7.89. The first-order valence-corrected chi connectivity index (χ1v) is 9.80. The van der Waals surface area contributed by atoms with Gasteiger partial charge in [-0.25, -0.2) is 4.79 Å². The van der Waals surface area contributed by atoms with Crippen LogP contribution in [-0.4, -0.2) is 18.4 Å². The fraction of sp³-hybridized carbons (Fsp3) is 0.304. The van der Waals surface area contributed by atoms with Gasteiger partial charge in [-0.15, -0.1) is 0 Å². The molecule has 0 aliphatic heterocycles. The van der Waals surface area contributed by atoms with E-state index in [0.717, 1.165) is 17.7 Å². The van der Waals surface area contributed by atoms with Gasteiger partial charge in [0.25, 0.3) is 5.88 Å². The highest BCUT2D eigenvalue weighted by Gasteiger charge is 2.30. The summed E-state index contributed by atoms with van der Waals surface area (Å²) in [4.78, 5) is 16.1. The van der Waals surface area contributed by atoms with Crippen molar-refractivity contribution in [1.29, 1.82) is 0 Å². The number of carbonyl (C=O) groups excluding carboxylic acids is 1. The Morgan fingerprint density at radius 3 is 2.16 bits per heavy atom. The molecule has 0 saturated carbocycles. The van der Waals surface area contributed by atoms with Crippen LogP contribution in [0, 0.1) is 0 Å². The molecule has 0 unspecified atom stereocenters. The number of amidine groups is 1. The molecule has 2 aromatic carbocycles. The largest absolute Gasteiger partial charge is 0.461 e. The van der Waals surface area contributed by atoms with Crippen LogP contribution >= 0.6 is 0 Å². The number of alkyl halides is 3. The Balaban J connectivity index is 2.46. The Bertz CT molecular complexity index is 1020. The van der Waals surface area contributed by atoms with Crippen LogP contribution < -0.4 is 16.2 Å². The predicted octanol–water partition coefficient (Wildman–Crippen LogP) is 4.48. The zero-order chi connectivity index (χ0) is 24.1. The molecule has 0 aliphatic carbocycles. The molecule has 32 heavy (non-hydrogen) atoms. The third kappa shape index (κ3) is 6.50. The van der Waals surface area contributed by atoms with Crippen molar-refractivity contribution in [2.24, 2.45) is 16.5 Å². The van der Waals surface area contributed by atoms with Gasteiger partial charge in [0.15, 0.2) is 5.70 Å². The molecule has 9 heteroatoms. The smallest absolute Gasteiger partial charge is 0.416 e. The Hall–Kier alpha value is -3.49. The standard InChI is InChI=1S/C23H26F3N3O3/c1-5-31-21(30)18(27)20(32-17-11-9-15(10-12-17)22(2,3)4)29-19(28)14-7-6-8-16(13-14)23(24,25)26/h6-13H,5,27H2,1-4H3,(H2,28,29)/b20-18+. The van der Waals surface area contributed by atoms with E-state index in [1.54, 1.807) is 19.1 Å². The third-order valence-electron chi connectivity index (χ3n) is 4.37. The van der Waals surface area contributed by atoms with Crippen LogP contribution in [0.5, 0.6) is 5.75 Å². The number of hydrogen-bond donors (Lipinski definition) is 2. The number of halogens is 3. The van der Waals surface area contributed by atoms with Crippen molar-refractivity contribution in [3.8, 4) is 5.75 Å². The summed E-state index contributed by atoms with van der Waals surface area (Å²) >= 11 is 0. The molecule has 172 valence electrons. The molecule has 6 nitrogen and oxygen atoms in total. The van der Waals surface area contributed by atoms with Crippen LogP contribution in [0.15, 0.2) is 65.1 Å². The molecule has 2 rings (SSSR count). The summed E-state index contributed by atoms with van der Waals surface area (Å²) in [6.45, 7) is 7.80. The normalized spacial score (nSPS) is 13.4. The van der Waals surface area contributed by atoms with E-state index in [4.69, 9.17) is 20.9 Å². The van der Waals surface area contributed by atoms with E-state index in [1.165, 1.54) is 12.1 Å². The Morgan fingerprint density at radius 1 is 1.00 bits per heavy atom. The van der Waals surface area contributed by atoms with Crippen LogP contribution in [0.3, 0.4) is 0 Å². The first-order valence-electron chi connectivity index (χ1n) is 9.80. The summed E-state index contributed by atoms with van der Waals surface area (Å²) in [5, 5.41) is 0. The summed E-state index contributed by atoms with van der Waals surface area (Å²) in [6, 6.07) is 11.3. The van der Waals surface area contributed by atoms with Gasteiger partial charge in [-0.1, -0.05) is 45.0 Å². The molecule has 4 N–H and O–H groups in total. The molecular formula is C23H26F3N3O3. The van der Waals surface area contributed by atoms with E-state index in [-0.39, 0.29) is 29.3 Å². The molecule has 0 heterocycles. The average molecular weight is 449 g/mol. The molecule has 0 aliphatic rings. The highest BCUT2D eigenvalue weighted by atomic mass is 19.4. The molecule has 2 aromatic rings. The molecular weight excluding hydrogens is 423 g/mol. The Kier molecular flexibility index (Phi) is 7.56. The van der Waals surface area contributed by atoms with Crippen molar-refractivity contribution in [2.75, 3.05) is 6.61 Å². The number of aliphatic imine (C=N–C) groups is 1. The van der Waals surface area contributed by atoms with Gasteiger partial charge in [-0.3, -0.25) is 0 Å². The third-order valence-corrected chi connectivity index (χ3v) is 4.37. The van der Waals surface area contributed by atoms with E-state index in [9.17, 15) is 18.0 Å². The van der Waals surface area contributed by atoms with Crippen LogP contribution in [0.25, 0.3) is 0 Å². The lowest BCUT2D eigenvalue weighted by atomic mass is 9.87. The second-order valence-electron chi connectivity index (χ2n) is 7.89. The predicted molar refractivity (Wildman–Crippen MR) is 116 cm³/mol. The minimum atomic E-state index is -4.55. The lowest BCUT2D eigenvalue weighted by molar-refractivity contribution is -0.139. The van der Waals surface area contributed by atoms with Gasteiger partial charge < -0.3 is 20.9 Å². The molecule has 0 aromatic heterocycles. The second kappa shape index (κ2) is 9.76. The molecule has 0 bridgehead atoms. The number of benzene rings is 2. The van der Waals surface area contributed by atoms with Gasteiger partial charge in [0.05, 0.1) is 12.2 Å². The van der Waals surface area contributed by atoms with Crippen molar-refractivity contribution in [3.63, 3.8) is 0 Å². The number of esters is 1. The van der Waals surface area contributed by atoms with Crippen molar-refractivity contribution >= 4 is 11.8 Å². The molecule has 0 radical (unpaired) electrons. The van der Waals surface area contributed by atoms with Crippen LogP contribution in [-0.2, 0) is 21.1 Å².